The van der Waals surface area contributed by atoms with Gasteiger partial charge in [0.05, 0.1) is 0 Å². The van der Waals surface area contributed by atoms with Crippen molar-refractivity contribution in [2.24, 2.45) is 0 Å². The lowest BCUT2D eigenvalue weighted by molar-refractivity contribution is -0.167. The molecule has 6 heteroatoms. The molecule has 0 aliphatic carbocycles. The van der Waals surface area contributed by atoms with Crippen LogP contribution in [-0.2, 0) is 28.6 Å². The van der Waals surface area contributed by atoms with Crippen molar-refractivity contribution < 1.29 is 28.6 Å². The number of rotatable bonds is 48. The zero-order chi connectivity index (χ0) is 50.7. The summed E-state index contributed by atoms with van der Waals surface area (Å²) in [6, 6.07) is 0. The number of carbonyl (C=O) groups is 3. The van der Waals surface area contributed by atoms with Crippen LogP contribution in [0.1, 0.15) is 220 Å². The zero-order valence-electron chi connectivity index (χ0n) is 44.7. The molecule has 0 aromatic carbocycles. The minimum Gasteiger partial charge on any atom is -0.462 e. The fourth-order valence-corrected chi connectivity index (χ4v) is 7.00. The first-order valence-electron chi connectivity index (χ1n) is 27.8. The van der Waals surface area contributed by atoms with Gasteiger partial charge >= 0.3 is 17.9 Å². The second-order valence-electron chi connectivity index (χ2n) is 17.7. The molecule has 0 heterocycles. The van der Waals surface area contributed by atoms with Crippen LogP contribution in [0.15, 0.2) is 146 Å². The standard InChI is InChI=1S/C64H100O6/c1-4-7-10-13-16-19-22-25-27-29-30-31-32-33-34-36-37-39-42-45-48-51-54-57-63(66)69-60-61(59-68-62(65)56-53-50-47-44-41-24-21-18-15-12-9-6-3)70-64(67)58-55-52-49-46-43-40-38-35-28-26-23-20-17-14-11-8-5-2/h7-8,10-11,16-17,19-20,25-28,30-31,33-34,37-40,45-46,48-49,61H,4-6,9,12-15,18,21-24,29,32,35-36,41-44,47,50-60H2,1-3H3/b10-7-,11-8-,19-16-,20-17-,27-25-,28-26-,31-30-,34-33-,39-37-,40-38-,48-45-,49-46-. The number of carbonyl (C=O) groups excluding carboxylic acids is 3. The molecule has 0 aromatic rings. The van der Waals surface area contributed by atoms with E-state index in [1.807, 2.05) is 0 Å². The number of hydrogen-bond donors (Lipinski definition) is 0. The van der Waals surface area contributed by atoms with Gasteiger partial charge in [0.25, 0.3) is 0 Å². The van der Waals surface area contributed by atoms with Crippen LogP contribution in [-0.4, -0.2) is 37.2 Å². The molecule has 0 amide bonds. The Morgan fingerprint density at radius 3 is 0.871 bits per heavy atom. The van der Waals surface area contributed by atoms with Crippen molar-refractivity contribution in [3.8, 4) is 0 Å². The van der Waals surface area contributed by atoms with Crippen LogP contribution < -0.4 is 0 Å². The maximum atomic E-state index is 12.8. The van der Waals surface area contributed by atoms with E-state index in [0.29, 0.717) is 19.3 Å². The third-order valence-corrected chi connectivity index (χ3v) is 11.1. The van der Waals surface area contributed by atoms with Crippen LogP contribution in [0.25, 0.3) is 0 Å². The number of hydrogen-bond acceptors (Lipinski definition) is 6. The molecule has 0 spiro atoms. The lowest BCUT2D eigenvalue weighted by atomic mass is 10.0. The SMILES string of the molecule is CC/C=C\C/C=C\C/C=C\C/C=C\C/C=C\C/C=C\C/C=C\CCCC(=O)OCC(COC(=O)CCCCCCCCCCCCCC)OC(=O)CCC/C=C\C/C=C\C/C=C\C/C=C\C/C=C\CC. The molecule has 0 saturated carbocycles. The van der Waals surface area contributed by atoms with Gasteiger partial charge in [-0.25, -0.2) is 0 Å². The Kier molecular flexibility index (Phi) is 53.0. The summed E-state index contributed by atoms with van der Waals surface area (Å²) in [4.78, 5) is 38.0. The van der Waals surface area contributed by atoms with E-state index in [2.05, 4.69) is 167 Å². The van der Waals surface area contributed by atoms with Crippen LogP contribution >= 0.6 is 0 Å². The third-order valence-electron chi connectivity index (χ3n) is 11.1. The summed E-state index contributed by atoms with van der Waals surface area (Å²) in [5, 5.41) is 0. The maximum Gasteiger partial charge on any atom is 0.306 e. The lowest BCUT2D eigenvalue weighted by Gasteiger charge is -2.18. The molecule has 1 atom stereocenters. The van der Waals surface area contributed by atoms with Gasteiger partial charge in [0.15, 0.2) is 6.10 Å². The van der Waals surface area contributed by atoms with Crippen LogP contribution in [0, 0.1) is 0 Å². The molecule has 0 bridgehead atoms. The van der Waals surface area contributed by atoms with E-state index in [9.17, 15) is 14.4 Å². The molecule has 0 N–H and O–H groups in total. The van der Waals surface area contributed by atoms with E-state index in [1.165, 1.54) is 57.8 Å². The largest absolute Gasteiger partial charge is 0.462 e. The molecule has 1 unspecified atom stereocenters. The van der Waals surface area contributed by atoms with Crippen molar-refractivity contribution in [3.63, 3.8) is 0 Å². The molecule has 0 rings (SSSR count). The summed E-state index contributed by atoms with van der Waals surface area (Å²) in [7, 11) is 0. The van der Waals surface area contributed by atoms with Gasteiger partial charge in [-0.3, -0.25) is 14.4 Å². The molecule has 0 saturated heterocycles. The van der Waals surface area contributed by atoms with E-state index >= 15 is 0 Å². The monoisotopic (exact) mass is 965 g/mol. The summed E-state index contributed by atoms with van der Waals surface area (Å²) in [6.07, 6.45) is 81.3. The number of ether oxygens (including phenoxy) is 3. The topological polar surface area (TPSA) is 78.9 Å². The van der Waals surface area contributed by atoms with Gasteiger partial charge < -0.3 is 14.2 Å². The first-order valence-corrected chi connectivity index (χ1v) is 27.8. The number of esters is 3. The van der Waals surface area contributed by atoms with Gasteiger partial charge in [0.2, 0.25) is 0 Å². The fraction of sp³-hybridized carbons (Fsp3) is 0.578. The molecule has 0 aliphatic rings. The highest BCUT2D eigenvalue weighted by atomic mass is 16.6. The number of allylic oxidation sites excluding steroid dienone is 24. The summed E-state index contributed by atoms with van der Waals surface area (Å²) < 4.78 is 16.7. The minimum absolute atomic E-state index is 0.123. The molecule has 0 fully saturated rings. The lowest BCUT2D eigenvalue weighted by Crippen LogP contribution is -2.30. The normalized spacial score (nSPS) is 13.2. The number of unbranched alkanes of at least 4 members (excludes halogenated alkanes) is 13. The Bertz CT molecular complexity index is 1580. The second kappa shape index (κ2) is 56.9. The van der Waals surface area contributed by atoms with Crippen molar-refractivity contribution in [2.45, 2.75) is 226 Å². The van der Waals surface area contributed by atoms with Gasteiger partial charge in [0.1, 0.15) is 13.2 Å². The van der Waals surface area contributed by atoms with Gasteiger partial charge in [0, 0.05) is 19.3 Å². The highest BCUT2D eigenvalue weighted by Crippen LogP contribution is 2.13. The molecule has 6 nitrogen and oxygen atoms in total. The predicted molar refractivity (Wildman–Crippen MR) is 302 cm³/mol. The molecular formula is C64H100O6. The first-order chi connectivity index (χ1) is 34.5. The maximum absolute atomic E-state index is 12.8. The minimum atomic E-state index is -0.836. The smallest absolute Gasteiger partial charge is 0.306 e. The highest BCUT2D eigenvalue weighted by molar-refractivity contribution is 5.71. The van der Waals surface area contributed by atoms with E-state index in [-0.39, 0.29) is 44.0 Å². The molecule has 392 valence electrons. The Morgan fingerprint density at radius 2 is 0.557 bits per heavy atom. The van der Waals surface area contributed by atoms with Crippen LogP contribution in [0.4, 0.5) is 0 Å². The van der Waals surface area contributed by atoms with Gasteiger partial charge in [-0.2, -0.15) is 0 Å². The molecule has 0 radical (unpaired) electrons. The molecule has 70 heavy (non-hydrogen) atoms. The van der Waals surface area contributed by atoms with Gasteiger partial charge in [-0.1, -0.05) is 237 Å². The first kappa shape index (κ1) is 65.3. The average molecular weight is 965 g/mol. The predicted octanol–water partition coefficient (Wildman–Crippen LogP) is 18.8. The summed E-state index contributed by atoms with van der Waals surface area (Å²) >= 11 is 0. The Hall–Kier alpha value is -4.71. The molecular weight excluding hydrogens is 865 g/mol. The van der Waals surface area contributed by atoms with Gasteiger partial charge in [-0.05, 0) is 109 Å². The van der Waals surface area contributed by atoms with Crippen LogP contribution in [0.3, 0.4) is 0 Å². The Balaban J connectivity index is 4.56. The highest BCUT2D eigenvalue weighted by Gasteiger charge is 2.19. The van der Waals surface area contributed by atoms with E-state index in [1.54, 1.807) is 0 Å². The van der Waals surface area contributed by atoms with Crippen molar-refractivity contribution in [1.82, 2.24) is 0 Å². The summed E-state index contributed by atoms with van der Waals surface area (Å²) in [5.74, 6) is -1.05. The summed E-state index contributed by atoms with van der Waals surface area (Å²) in [5.41, 5.74) is 0. The quantitative estimate of drug-likeness (QED) is 0.0262. The van der Waals surface area contributed by atoms with Crippen LogP contribution in [0.5, 0.6) is 0 Å². The van der Waals surface area contributed by atoms with Crippen molar-refractivity contribution in [3.05, 3.63) is 146 Å². The van der Waals surface area contributed by atoms with Crippen molar-refractivity contribution in [1.29, 1.82) is 0 Å². The van der Waals surface area contributed by atoms with E-state index < -0.39 is 6.10 Å². The second-order valence-corrected chi connectivity index (χ2v) is 17.7. The van der Waals surface area contributed by atoms with E-state index in [4.69, 9.17) is 14.2 Å². The summed E-state index contributed by atoms with van der Waals surface area (Å²) in [6.45, 7) is 6.29. The van der Waals surface area contributed by atoms with Crippen molar-refractivity contribution in [2.75, 3.05) is 13.2 Å². The zero-order valence-corrected chi connectivity index (χ0v) is 44.7. The molecule has 0 aromatic heterocycles. The average Bonchev–Trinajstić information content (AvgIpc) is 3.36. The van der Waals surface area contributed by atoms with E-state index in [0.717, 1.165) is 109 Å². The third kappa shape index (κ3) is 54.2. The Labute approximate surface area is 429 Å². The van der Waals surface area contributed by atoms with Crippen molar-refractivity contribution >= 4 is 17.9 Å². The van der Waals surface area contributed by atoms with Gasteiger partial charge in [-0.15, -0.1) is 0 Å². The van der Waals surface area contributed by atoms with Crippen LogP contribution in [0.2, 0.25) is 0 Å². The fourth-order valence-electron chi connectivity index (χ4n) is 7.00. The Morgan fingerprint density at radius 1 is 0.300 bits per heavy atom. The molecule has 0 aliphatic heterocycles.